The highest BCUT2D eigenvalue weighted by Crippen LogP contribution is 2.44. The Balaban J connectivity index is 2.23. The summed E-state index contributed by atoms with van der Waals surface area (Å²) in [5.74, 6) is -0.294. The third-order valence-electron chi connectivity index (χ3n) is 3.08. The molecule has 1 fully saturated rings. The van der Waals surface area contributed by atoms with Gasteiger partial charge < -0.3 is 5.11 Å². The zero-order valence-corrected chi connectivity index (χ0v) is 10.6. The highest BCUT2D eigenvalue weighted by atomic mass is 32.1. The lowest BCUT2D eigenvalue weighted by molar-refractivity contribution is 0.0702. The van der Waals surface area contributed by atoms with Crippen molar-refractivity contribution in [2.75, 3.05) is 0 Å². The third kappa shape index (κ3) is 1.65. The van der Waals surface area contributed by atoms with E-state index in [9.17, 15) is 4.79 Å². The summed E-state index contributed by atoms with van der Waals surface area (Å²) >= 11 is 1.33. The van der Waals surface area contributed by atoms with Crippen LogP contribution < -0.4 is 0 Å². The minimum atomic E-state index is -0.844. The molecule has 2 heterocycles. The average Bonchev–Trinajstić information content (AvgIpc) is 2.89. The van der Waals surface area contributed by atoms with Gasteiger partial charge in [-0.2, -0.15) is 5.10 Å². The minimum Gasteiger partial charge on any atom is -0.477 e. The van der Waals surface area contributed by atoms with Crippen molar-refractivity contribution in [2.45, 2.75) is 38.6 Å². The van der Waals surface area contributed by atoms with E-state index in [-0.39, 0.29) is 6.04 Å². The van der Waals surface area contributed by atoms with Crippen molar-refractivity contribution in [3.63, 3.8) is 0 Å². The van der Waals surface area contributed by atoms with Crippen LogP contribution in [0.2, 0.25) is 0 Å². The van der Waals surface area contributed by atoms with Crippen LogP contribution in [0, 0.1) is 0 Å². The Morgan fingerprint density at radius 2 is 2.29 bits per heavy atom. The zero-order valence-electron chi connectivity index (χ0n) is 9.80. The SMILES string of the molecule is CC(C)n1nc(C2CC2)c2cc(C(=O)O)sc21. The van der Waals surface area contributed by atoms with E-state index in [1.165, 1.54) is 24.2 Å². The zero-order chi connectivity index (χ0) is 12.2. The third-order valence-corrected chi connectivity index (χ3v) is 4.19. The lowest BCUT2D eigenvalue weighted by Gasteiger charge is -2.04. The number of hydrogen-bond acceptors (Lipinski definition) is 3. The topological polar surface area (TPSA) is 55.1 Å². The monoisotopic (exact) mass is 250 g/mol. The molecule has 0 amide bonds. The quantitative estimate of drug-likeness (QED) is 0.909. The molecule has 1 saturated carbocycles. The Kier molecular flexibility index (Phi) is 2.26. The molecule has 4 nitrogen and oxygen atoms in total. The van der Waals surface area contributed by atoms with Crippen molar-refractivity contribution in [1.29, 1.82) is 0 Å². The summed E-state index contributed by atoms with van der Waals surface area (Å²) in [7, 11) is 0. The summed E-state index contributed by atoms with van der Waals surface area (Å²) in [5.41, 5.74) is 1.09. The molecule has 0 aliphatic heterocycles. The number of carboxylic acid groups (broad SMARTS) is 1. The van der Waals surface area contributed by atoms with Crippen LogP contribution in [0.1, 0.15) is 54.0 Å². The fraction of sp³-hybridized carbons (Fsp3) is 0.500. The number of aromatic nitrogens is 2. The van der Waals surface area contributed by atoms with Gasteiger partial charge in [0.25, 0.3) is 0 Å². The first kappa shape index (κ1) is 10.8. The summed E-state index contributed by atoms with van der Waals surface area (Å²) < 4.78 is 1.96. The molecule has 90 valence electrons. The number of hydrogen-bond donors (Lipinski definition) is 1. The first-order chi connectivity index (χ1) is 8.08. The first-order valence-corrected chi connectivity index (χ1v) is 6.65. The second-order valence-corrected chi connectivity index (χ2v) is 5.86. The van der Waals surface area contributed by atoms with E-state index in [1.807, 2.05) is 4.68 Å². The van der Waals surface area contributed by atoms with Crippen LogP contribution in [0.15, 0.2) is 6.07 Å². The molecule has 1 aliphatic rings. The van der Waals surface area contributed by atoms with E-state index >= 15 is 0 Å². The molecule has 1 aliphatic carbocycles. The van der Waals surface area contributed by atoms with E-state index < -0.39 is 5.97 Å². The Morgan fingerprint density at radius 3 is 2.82 bits per heavy atom. The maximum absolute atomic E-state index is 11.0. The largest absolute Gasteiger partial charge is 0.477 e. The van der Waals surface area contributed by atoms with Gasteiger partial charge >= 0.3 is 5.97 Å². The molecule has 3 rings (SSSR count). The molecule has 17 heavy (non-hydrogen) atoms. The van der Waals surface area contributed by atoms with Gasteiger partial charge in [-0.1, -0.05) is 0 Å². The van der Waals surface area contributed by atoms with Gasteiger partial charge in [-0.25, -0.2) is 4.79 Å². The summed E-state index contributed by atoms with van der Waals surface area (Å²) in [6.07, 6.45) is 2.37. The minimum absolute atomic E-state index is 0.269. The van der Waals surface area contributed by atoms with Crippen molar-refractivity contribution < 1.29 is 9.90 Å². The summed E-state index contributed by atoms with van der Waals surface area (Å²) in [4.78, 5) is 12.4. The lowest BCUT2D eigenvalue weighted by Crippen LogP contribution is -2.02. The molecule has 0 saturated heterocycles. The molecule has 0 atom stereocenters. The van der Waals surface area contributed by atoms with Crippen LogP contribution in [0.5, 0.6) is 0 Å². The molecule has 1 N–H and O–H groups in total. The van der Waals surface area contributed by atoms with Crippen LogP contribution >= 0.6 is 11.3 Å². The van der Waals surface area contributed by atoms with Crippen LogP contribution in [0.25, 0.3) is 10.2 Å². The molecule has 0 radical (unpaired) electrons. The summed E-state index contributed by atoms with van der Waals surface area (Å²) in [6.45, 7) is 4.15. The van der Waals surface area contributed by atoms with Crippen molar-refractivity contribution in [1.82, 2.24) is 9.78 Å². The predicted molar refractivity (Wildman–Crippen MR) is 66.9 cm³/mol. The molecular weight excluding hydrogens is 236 g/mol. The van der Waals surface area contributed by atoms with Gasteiger partial charge in [-0.15, -0.1) is 11.3 Å². The Bertz CT molecular complexity index is 558. The van der Waals surface area contributed by atoms with Crippen molar-refractivity contribution in [3.8, 4) is 0 Å². The van der Waals surface area contributed by atoms with Crippen molar-refractivity contribution in [3.05, 3.63) is 16.6 Å². The number of thiophene rings is 1. The van der Waals surface area contributed by atoms with E-state index in [0.717, 1.165) is 15.9 Å². The van der Waals surface area contributed by atoms with Gasteiger partial charge in [0, 0.05) is 17.3 Å². The van der Waals surface area contributed by atoms with Gasteiger partial charge in [0.15, 0.2) is 0 Å². The highest BCUT2D eigenvalue weighted by Gasteiger charge is 2.30. The number of nitrogens with zero attached hydrogens (tertiary/aromatic N) is 2. The maximum Gasteiger partial charge on any atom is 0.345 e. The Hall–Kier alpha value is -1.36. The fourth-order valence-electron chi connectivity index (χ4n) is 2.06. The molecule has 0 aromatic carbocycles. The van der Waals surface area contributed by atoms with Crippen LogP contribution in [0.4, 0.5) is 0 Å². The first-order valence-electron chi connectivity index (χ1n) is 5.83. The number of aromatic carboxylic acids is 1. The predicted octanol–water partition coefficient (Wildman–Crippen LogP) is 3.25. The normalized spacial score (nSPS) is 15.9. The van der Waals surface area contributed by atoms with Gasteiger partial charge in [0.05, 0.1) is 5.69 Å². The van der Waals surface area contributed by atoms with Gasteiger partial charge in [-0.3, -0.25) is 4.68 Å². The molecule has 5 heteroatoms. The highest BCUT2D eigenvalue weighted by molar-refractivity contribution is 7.20. The van der Waals surface area contributed by atoms with Crippen LogP contribution in [0.3, 0.4) is 0 Å². The number of fused-ring (bicyclic) bond motifs is 1. The van der Waals surface area contributed by atoms with Crippen LogP contribution in [-0.2, 0) is 0 Å². The number of carbonyl (C=O) groups is 1. The second kappa shape index (κ2) is 3.57. The summed E-state index contributed by atoms with van der Waals surface area (Å²) in [5, 5.41) is 14.8. The summed E-state index contributed by atoms with van der Waals surface area (Å²) in [6, 6.07) is 2.05. The van der Waals surface area contributed by atoms with Gasteiger partial charge in [0.1, 0.15) is 9.71 Å². The molecule has 0 bridgehead atoms. The lowest BCUT2D eigenvalue weighted by atomic mass is 10.2. The van der Waals surface area contributed by atoms with E-state index in [4.69, 9.17) is 5.11 Å². The van der Waals surface area contributed by atoms with E-state index in [2.05, 4.69) is 18.9 Å². The molecule has 0 unspecified atom stereocenters. The van der Waals surface area contributed by atoms with E-state index in [1.54, 1.807) is 6.07 Å². The molecular formula is C12H14N2O2S. The van der Waals surface area contributed by atoms with Crippen molar-refractivity contribution >= 4 is 27.5 Å². The number of carboxylic acids is 1. The van der Waals surface area contributed by atoms with Crippen LogP contribution in [-0.4, -0.2) is 20.9 Å². The fourth-order valence-corrected chi connectivity index (χ4v) is 3.16. The second-order valence-electron chi connectivity index (χ2n) is 4.83. The van der Waals surface area contributed by atoms with E-state index in [0.29, 0.717) is 10.8 Å². The number of rotatable bonds is 3. The Morgan fingerprint density at radius 1 is 1.59 bits per heavy atom. The van der Waals surface area contributed by atoms with Crippen molar-refractivity contribution in [2.24, 2.45) is 0 Å². The smallest absolute Gasteiger partial charge is 0.345 e. The molecule has 2 aromatic rings. The molecule has 2 aromatic heterocycles. The van der Waals surface area contributed by atoms with Gasteiger partial charge in [0.2, 0.25) is 0 Å². The van der Waals surface area contributed by atoms with Gasteiger partial charge in [-0.05, 0) is 32.8 Å². The Labute approximate surface area is 103 Å². The maximum atomic E-state index is 11.0. The average molecular weight is 250 g/mol. The standard InChI is InChI=1S/C12H14N2O2S/c1-6(2)14-11-8(5-9(17-11)12(15)16)10(13-14)7-3-4-7/h5-7H,3-4H2,1-2H3,(H,15,16). The molecule has 0 spiro atoms.